The molecule has 0 aliphatic carbocycles. The summed E-state index contributed by atoms with van der Waals surface area (Å²) in [4.78, 5) is 11.7. The van der Waals surface area contributed by atoms with Gasteiger partial charge in [-0.1, -0.05) is 15.9 Å². The van der Waals surface area contributed by atoms with Crippen LogP contribution in [0.1, 0.15) is 26.3 Å². The molecular weight excluding hydrogens is 298 g/mol. The Bertz CT molecular complexity index is 421. The Kier molecular flexibility index (Phi) is 5.62. The summed E-state index contributed by atoms with van der Waals surface area (Å²) in [5.41, 5.74) is 0.647. The minimum atomic E-state index is -0.598. The van der Waals surface area contributed by atoms with Crippen LogP contribution in [0.3, 0.4) is 0 Å². The second kappa shape index (κ2) is 6.75. The molecule has 1 rings (SSSR count). The van der Waals surface area contributed by atoms with Gasteiger partial charge in [-0.2, -0.15) is 0 Å². The molecule has 5 heteroatoms. The number of nitrogens with one attached hydrogen (secondary N) is 1. The maximum atomic E-state index is 11.7. The van der Waals surface area contributed by atoms with Gasteiger partial charge < -0.3 is 15.2 Å². The van der Waals surface area contributed by atoms with Gasteiger partial charge >= 0.3 is 0 Å². The highest BCUT2D eigenvalue weighted by molar-refractivity contribution is 9.10. The van der Waals surface area contributed by atoms with Crippen LogP contribution in [-0.4, -0.2) is 23.2 Å². The van der Waals surface area contributed by atoms with E-state index in [4.69, 9.17) is 4.74 Å². The van der Waals surface area contributed by atoms with Gasteiger partial charge in [-0.3, -0.25) is 4.79 Å². The third kappa shape index (κ3) is 4.31. The number of hydrogen-bond donors (Lipinski definition) is 2. The molecule has 18 heavy (non-hydrogen) atoms. The van der Waals surface area contributed by atoms with Crippen molar-refractivity contribution in [2.24, 2.45) is 0 Å². The monoisotopic (exact) mass is 315 g/mol. The summed E-state index contributed by atoms with van der Waals surface area (Å²) in [6.45, 7) is 5.33. The lowest BCUT2D eigenvalue weighted by Crippen LogP contribution is -2.40. The first-order valence-electron chi connectivity index (χ1n) is 5.80. The van der Waals surface area contributed by atoms with Crippen LogP contribution in [0.5, 0.6) is 5.75 Å². The third-order valence-electron chi connectivity index (χ3n) is 2.30. The number of carbonyl (C=O) groups is 1. The van der Waals surface area contributed by atoms with Gasteiger partial charge in [-0.05, 0) is 39.0 Å². The van der Waals surface area contributed by atoms with Crippen molar-refractivity contribution in [2.75, 3.05) is 0 Å². The van der Waals surface area contributed by atoms with Gasteiger partial charge in [0.1, 0.15) is 5.75 Å². The van der Waals surface area contributed by atoms with Gasteiger partial charge in [-0.15, -0.1) is 0 Å². The molecule has 0 aliphatic heterocycles. The van der Waals surface area contributed by atoms with Crippen LogP contribution in [0.15, 0.2) is 22.7 Å². The van der Waals surface area contributed by atoms with Crippen LogP contribution in [0, 0.1) is 0 Å². The lowest BCUT2D eigenvalue weighted by Gasteiger charge is -2.18. The van der Waals surface area contributed by atoms with E-state index in [0.717, 1.165) is 4.47 Å². The SMILES string of the molecule is CC(C)NC(=O)C(C)Oc1ccc(Br)cc1CO. The molecule has 0 bridgehead atoms. The molecule has 1 atom stereocenters. The molecule has 100 valence electrons. The average Bonchev–Trinajstić information content (AvgIpc) is 2.30. The number of ether oxygens (including phenoxy) is 1. The van der Waals surface area contributed by atoms with Gasteiger partial charge in [0.25, 0.3) is 5.91 Å². The number of rotatable bonds is 5. The molecule has 0 saturated heterocycles. The Morgan fingerprint density at radius 3 is 2.67 bits per heavy atom. The van der Waals surface area contributed by atoms with Crippen molar-refractivity contribution in [3.05, 3.63) is 28.2 Å². The Morgan fingerprint density at radius 2 is 2.11 bits per heavy atom. The molecule has 0 aromatic heterocycles. The standard InChI is InChI=1S/C13H18BrNO3/c1-8(2)15-13(17)9(3)18-12-5-4-11(14)6-10(12)7-16/h4-6,8-9,16H,7H2,1-3H3,(H,15,17). The number of hydrogen-bond acceptors (Lipinski definition) is 3. The van der Waals surface area contributed by atoms with E-state index in [1.807, 2.05) is 19.9 Å². The second-order valence-electron chi connectivity index (χ2n) is 4.33. The van der Waals surface area contributed by atoms with E-state index in [-0.39, 0.29) is 18.6 Å². The summed E-state index contributed by atoms with van der Waals surface area (Å²) in [6, 6.07) is 5.38. The van der Waals surface area contributed by atoms with Crippen molar-refractivity contribution in [3.63, 3.8) is 0 Å². The number of aliphatic hydroxyl groups is 1. The Hall–Kier alpha value is -1.07. The number of amides is 1. The van der Waals surface area contributed by atoms with Crippen LogP contribution in [0.2, 0.25) is 0 Å². The quantitative estimate of drug-likeness (QED) is 0.876. The molecule has 1 aromatic carbocycles. The van der Waals surface area contributed by atoms with Crippen molar-refractivity contribution < 1.29 is 14.6 Å². The van der Waals surface area contributed by atoms with Crippen LogP contribution in [0.4, 0.5) is 0 Å². The number of aliphatic hydroxyl groups excluding tert-OH is 1. The van der Waals surface area contributed by atoms with Crippen molar-refractivity contribution >= 4 is 21.8 Å². The van der Waals surface area contributed by atoms with Crippen molar-refractivity contribution in [1.82, 2.24) is 5.32 Å². The topological polar surface area (TPSA) is 58.6 Å². The minimum absolute atomic E-state index is 0.0748. The van der Waals surface area contributed by atoms with Crippen molar-refractivity contribution in [3.8, 4) is 5.75 Å². The zero-order valence-corrected chi connectivity index (χ0v) is 12.3. The molecular formula is C13H18BrNO3. The fourth-order valence-electron chi connectivity index (χ4n) is 1.43. The highest BCUT2D eigenvalue weighted by atomic mass is 79.9. The van der Waals surface area contributed by atoms with Gasteiger partial charge in [0.05, 0.1) is 6.61 Å². The molecule has 1 aromatic rings. The molecule has 4 nitrogen and oxygen atoms in total. The van der Waals surface area contributed by atoms with Crippen molar-refractivity contribution in [2.45, 2.75) is 39.5 Å². The average molecular weight is 316 g/mol. The van der Waals surface area contributed by atoms with E-state index in [2.05, 4.69) is 21.2 Å². The first-order chi connectivity index (χ1) is 8.43. The second-order valence-corrected chi connectivity index (χ2v) is 5.25. The number of benzene rings is 1. The molecule has 2 N–H and O–H groups in total. The Balaban J connectivity index is 2.75. The molecule has 0 saturated carbocycles. The van der Waals surface area contributed by atoms with Gasteiger partial charge in [-0.25, -0.2) is 0 Å². The summed E-state index contributed by atoms with van der Waals surface area (Å²) in [7, 11) is 0. The Morgan fingerprint density at radius 1 is 1.44 bits per heavy atom. The maximum Gasteiger partial charge on any atom is 0.260 e. The largest absolute Gasteiger partial charge is 0.481 e. The van der Waals surface area contributed by atoms with Crippen molar-refractivity contribution in [1.29, 1.82) is 0 Å². The minimum Gasteiger partial charge on any atom is -0.481 e. The van der Waals surface area contributed by atoms with E-state index in [9.17, 15) is 9.90 Å². The first-order valence-corrected chi connectivity index (χ1v) is 6.59. The summed E-state index contributed by atoms with van der Waals surface area (Å²) < 4.78 is 6.42. The normalized spacial score (nSPS) is 12.3. The van der Waals surface area contributed by atoms with E-state index in [0.29, 0.717) is 11.3 Å². The summed E-state index contributed by atoms with van der Waals surface area (Å²) in [6.07, 6.45) is -0.598. The van der Waals surface area contributed by atoms with Crippen LogP contribution in [0.25, 0.3) is 0 Å². The highest BCUT2D eigenvalue weighted by Gasteiger charge is 2.16. The molecule has 1 unspecified atom stereocenters. The van der Waals surface area contributed by atoms with E-state index in [1.54, 1.807) is 19.1 Å². The maximum absolute atomic E-state index is 11.7. The van der Waals surface area contributed by atoms with Crippen LogP contribution < -0.4 is 10.1 Å². The predicted octanol–water partition coefficient (Wildman–Crippen LogP) is 2.23. The Labute approximate surface area is 115 Å². The summed E-state index contributed by atoms with van der Waals surface area (Å²) in [5, 5.41) is 12.0. The fourth-order valence-corrected chi connectivity index (χ4v) is 1.84. The number of carbonyl (C=O) groups excluding carboxylic acids is 1. The molecule has 1 amide bonds. The third-order valence-corrected chi connectivity index (χ3v) is 2.79. The molecule has 0 spiro atoms. The van der Waals surface area contributed by atoms with E-state index < -0.39 is 6.10 Å². The predicted molar refractivity (Wildman–Crippen MR) is 73.4 cm³/mol. The zero-order valence-electron chi connectivity index (χ0n) is 10.7. The molecule has 0 radical (unpaired) electrons. The summed E-state index contributed by atoms with van der Waals surface area (Å²) in [5.74, 6) is 0.351. The van der Waals surface area contributed by atoms with Crippen LogP contribution in [-0.2, 0) is 11.4 Å². The number of halogens is 1. The smallest absolute Gasteiger partial charge is 0.260 e. The highest BCUT2D eigenvalue weighted by Crippen LogP contribution is 2.24. The molecule has 0 heterocycles. The fraction of sp³-hybridized carbons (Fsp3) is 0.462. The van der Waals surface area contributed by atoms with Gasteiger partial charge in [0.2, 0.25) is 0 Å². The van der Waals surface area contributed by atoms with Gasteiger partial charge in [0.15, 0.2) is 6.10 Å². The van der Waals surface area contributed by atoms with E-state index in [1.165, 1.54) is 0 Å². The lowest BCUT2D eigenvalue weighted by molar-refractivity contribution is -0.127. The van der Waals surface area contributed by atoms with Gasteiger partial charge in [0, 0.05) is 16.1 Å². The molecule has 0 aliphatic rings. The first kappa shape index (κ1) is 15.0. The van der Waals surface area contributed by atoms with E-state index >= 15 is 0 Å². The zero-order chi connectivity index (χ0) is 13.7. The molecule has 0 fully saturated rings. The van der Waals surface area contributed by atoms with Crippen LogP contribution >= 0.6 is 15.9 Å². The summed E-state index contributed by atoms with van der Waals surface area (Å²) >= 11 is 3.32. The lowest BCUT2D eigenvalue weighted by atomic mass is 10.2.